The summed E-state index contributed by atoms with van der Waals surface area (Å²) in [6.07, 6.45) is -0.844. The highest BCUT2D eigenvalue weighted by Crippen LogP contribution is 2.29. The van der Waals surface area contributed by atoms with E-state index in [1.165, 1.54) is 12.1 Å². The molecular weight excluding hydrogens is 497 g/mol. The van der Waals surface area contributed by atoms with Crippen molar-refractivity contribution >= 4 is 11.6 Å². The van der Waals surface area contributed by atoms with Crippen molar-refractivity contribution in [1.82, 2.24) is 15.0 Å². The first kappa shape index (κ1) is 25.3. The molecule has 192 valence electrons. The first-order valence-corrected chi connectivity index (χ1v) is 12.0. The molecule has 1 unspecified atom stereocenters. The second-order valence-electron chi connectivity index (χ2n) is 8.17. The van der Waals surface area contributed by atoms with Crippen LogP contribution in [0.2, 0.25) is 0 Å². The van der Waals surface area contributed by atoms with Gasteiger partial charge in [0.25, 0.3) is 5.95 Å². The van der Waals surface area contributed by atoms with Gasteiger partial charge in [0.2, 0.25) is 6.17 Å². The van der Waals surface area contributed by atoms with Gasteiger partial charge in [0.1, 0.15) is 17.3 Å². The molecule has 1 atom stereocenters. The molecule has 0 aliphatic heterocycles. The first-order chi connectivity index (χ1) is 19.1. The Morgan fingerprint density at radius 1 is 0.641 bits per heavy atom. The molecule has 5 rings (SSSR count). The minimum atomic E-state index is -0.844. The fourth-order valence-corrected chi connectivity index (χ4v) is 3.44. The minimum absolute atomic E-state index is 0.0232. The summed E-state index contributed by atoms with van der Waals surface area (Å²) in [5.74, 6) is 0.585. The zero-order chi connectivity index (χ0) is 26.9. The second-order valence-corrected chi connectivity index (χ2v) is 8.17. The van der Waals surface area contributed by atoms with Gasteiger partial charge in [-0.15, -0.1) is 10.1 Å². The second kappa shape index (κ2) is 12.2. The van der Waals surface area contributed by atoms with Crippen LogP contribution in [-0.2, 0) is 0 Å². The third-order valence-corrected chi connectivity index (χ3v) is 5.30. The van der Waals surface area contributed by atoms with E-state index in [2.05, 4.69) is 35.4 Å². The molecule has 9 nitrogen and oxygen atoms in total. The van der Waals surface area contributed by atoms with Crippen molar-refractivity contribution in [2.24, 2.45) is 20.5 Å². The van der Waals surface area contributed by atoms with E-state index in [-0.39, 0.29) is 18.0 Å². The maximum Gasteiger partial charge on any atom is 0.330 e. The number of benzene rings is 4. The van der Waals surface area contributed by atoms with Crippen LogP contribution in [0, 0.1) is 12.7 Å². The van der Waals surface area contributed by atoms with Gasteiger partial charge in [-0.2, -0.15) is 25.3 Å². The molecule has 0 saturated carbocycles. The van der Waals surface area contributed by atoms with Crippen molar-refractivity contribution in [3.05, 3.63) is 126 Å². The molecule has 0 N–H and O–H groups in total. The molecule has 4 aromatic carbocycles. The number of hydrogen-bond donors (Lipinski definition) is 0. The van der Waals surface area contributed by atoms with Gasteiger partial charge in [0.15, 0.2) is 0 Å². The Morgan fingerprint density at radius 3 is 1.85 bits per heavy atom. The van der Waals surface area contributed by atoms with Gasteiger partial charge in [0.05, 0.1) is 5.69 Å². The zero-order valence-electron chi connectivity index (χ0n) is 20.8. The van der Waals surface area contributed by atoms with Gasteiger partial charge in [-0.05, 0) is 48.9 Å². The fraction of sp³-hybridized carbons (Fsp3) is 0.0690. The van der Waals surface area contributed by atoms with E-state index in [1.807, 2.05) is 67.6 Å². The van der Waals surface area contributed by atoms with Crippen molar-refractivity contribution in [2.45, 2.75) is 13.1 Å². The molecule has 0 radical (unpaired) electrons. The Labute approximate surface area is 223 Å². The summed E-state index contributed by atoms with van der Waals surface area (Å²) < 4.78 is 25.3. The highest BCUT2D eigenvalue weighted by atomic mass is 19.1. The predicted molar refractivity (Wildman–Crippen MR) is 142 cm³/mol. The number of nitrogens with zero attached hydrogens (tertiary/aromatic N) is 7. The molecular formula is C29H22FN7O2. The van der Waals surface area contributed by atoms with Crippen LogP contribution < -0.4 is 9.47 Å². The monoisotopic (exact) mass is 519 g/mol. The number of para-hydroxylation sites is 2. The summed E-state index contributed by atoms with van der Waals surface area (Å²) >= 11 is 0. The Hall–Kier alpha value is -5.38. The Kier molecular flexibility index (Phi) is 7.93. The van der Waals surface area contributed by atoms with Gasteiger partial charge in [0, 0.05) is 11.6 Å². The van der Waals surface area contributed by atoms with Crippen LogP contribution >= 0.6 is 0 Å². The number of azo groups is 2. The molecule has 1 heterocycles. The zero-order valence-corrected chi connectivity index (χ0v) is 20.8. The highest BCUT2D eigenvalue weighted by molar-refractivity contribution is 5.36. The Bertz CT molecular complexity index is 1540. The van der Waals surface area contributed by atoms with Crippen LogP contribution in [0.4, 0.5) is 16.0 Å². The van der Waals surface area contributed by atoms with E-state index < -0.39 is 12.0 Å². The van der Waals surface area contributed by atoms with Crippen molar-refractivity contribution in [3.8, 4) is 23.5 Å². The van der Waals surface area contributed by atoms with Crippen LogP contribution in [0.25, 0.3) is 0 Å². The minimum Gasteiger partial charge on any atom is -0.424 e. The molecule has 0 bridgehead atoms. The van der Waals surface area contributed by atoms with Crippen LogP contribution in [0.5, 0.6) is 23.5 Å². The molecule has 0 fully saturated rings. The lowest BCUT2D eigenvalue weighted by molar-refractivity contribution is 0.398. The summed E-state index contributed by atoms with van der Waals surface area (Å²) in [5.41, 5.74) is 2.04. The SMILES string of the molecule is Cc1ccccc1C(N=Nc1cccc(F)c1)N=Nc1nc(Oc2ccccc2)nc(Oc2ccccc2)n1. The van der Waals surface area contributed by atoms with Crippen molar-refractivity contribution in [3.63, 3.8) is 0 Å². The number of aromatic nitrogens is 3. The van der Waals surface area contributed by atoms with E-state index in [1.54, 1.807) is 36.4 Å². The summed E-state index contributed by atoms with van der Waals surface area (Å²) in [7, 11) is 0. The van der Waals surface area contributed by atoms with Gasteiger partial charge >= 0.3 is 12.0 Å². The van der Waals surface area contributed by atoms with Gasteiger partial charge < -0.3 is 9.47 Å². The van der Waals surface area contributed by atoms with Crippen LogP contribution in [0.15, 0.2) is 130 Å². The molecule has 1 aromatic heterocycles. The van der Waals surface area contributed by atoms with Crippen molar-refractivity contribution in [2.75, 3.05) is 0 Å². The normalized spacial score (nSPS) is 12.1. The molecule has 0 aliphatic rings. The Morgan fingerprint density at radius 2 is 1.23 bits per heavy atom. The van der Waals surface area contributed by atoms with E-state index >= 15 is 0 Å². The number of rotatable bonds is 9. The molecule has 5 aromatic rings. The van der Waals surface area contributed by atoms with Crippen LogP contribution in [0.3, 0.4) is 0 Å². The number of halogens is 1. The quantitative estimate of drug-likeness (QED) is 0.182. The standard InChI is InChI=1S/C29H22FN7O2/c1-20-11-8-9-18-25(20)26(35-34-22-13-10-12-21(30)19-22)36-37-27-31-28(38-23-14-4-2-5-15-23)33-29(32-27)39-24-16-6-3-7-17-24/h2-19,26H,1H3. The maximum atomic E-state index is 13.6. The molecule has 0 aliphatic carbocycles. The largest absolute Gasteiger partial charge is 0.424 e. The average molecular weight is 520 g/mol. The number of aryl methyl sites for hydroxylation is 1. The van der Waals surface area contributed by atoms with E-state index in [0.29, 0.717) is 17.2 Å². The lowest BCUT2D eigenvalue weighted by Gasteiger charge is -2.09. The molecule has 0 spiro atoms. The third-order valence-electron chi connectivity index (χ3n) is 5.30. The molecule has 0 saturated heterocycles. The summed E-state index contributed by atoms with van der Waals surface area (Å²) in [5, 5.41) is 17.1. The van der Waals surface area contributed by atoms with Crippen molar-refractivity contribution in [1.29, 1.82) is 0 Å². The lowest BCUT2D eigenvalue weighted by Crippen LogP contribution is -1.99. The van der Waals surface area contributed by atoms with E-state index in [9.17, 15) is 4.39 Å². The summed E-state index contributed by atoms with van der Waals surface area (Å²) in [6.45, 7) is 1.93. The first-order valence-electron chi connectivity index (χ1n) is 12.0. The maximum absolute atomic E-state index is 13.6. The molecule has 10 heteroatoms. The predicted octanol–water partition coefficient (Wildman–Crippen LogP) is 8.47. The lowest BCUT2D eigenvalue weighted by atomic mass is 10.1. The highest BCUT2D eigenvalue weighted by Gasteiger charge is 2.15. The molecule has 0 amide bonds. The fourth-order valence-electron chi connectivity index (χ4n) is 3.44. The van der Waals surface area contributed by atoms with E-state index in [4.69, 9.17) is 9.47 Å². The summed E-state index contributed by atoms with van der Waals surface area (Å²) in [6, 6.07) is 31.5. The van der Waals surface area contributed by atoms with Crippen LogP contribution in [-0.4, -0.2) is 15.0 Å². The average Bonchev–Trinajstić information content (AvgIpc) is 2.95. The number of hydrogen-bond acceptors (Lipinski definition) is 9. The third kappa shape index (κ3) is 7.10. The molecule has 39 heavy (non-hydrogen) atoms. The van der Waals surface area contributed by atoms with Crippen LogP contribution in [0.1, 0.15) is 17.3 Å². The number of ether oxygens (including phenoxy) is 2. The summed E-state index contributed by atoms with van der Waals surface area (Å²) in [4.78, 5) is 12.8. The van der Waals surface area contributed by atoms with E-state index in [0.717, 1.165) is 11.1 Å². The van der Waals surface area contributed by atoms with Gasteiger partial charge in [-0.1, -0.05) is 66.7 Å². The van der Waals surface area contributed by atoms with Crippen molar-refractivity contribution < 1.29 is 13.9 Å². The topological polar surface area (TPSA) is 107 Å². The van der Waals surface area contributed by atoms with Gasteiger partial charge in [-0.25, -0.2) is 4.39 Å². The smallest absolute Gasteiger partial charge is 0.330 e. The van der Waals surface area contributed by atoms with Gasteiger partial charge in [-0.3, -0.25) is 0 Å². The Balaban J connectivity index is 1.49.